The van der Waals surface area contributed by atoms with Crippen LogP contribution in [0.2, 0.25) is 5.02 Å². The molecule has 0 radical (unpaired) electrons. The number of nitrogens with zero attached hydrogens (tertiary/aromatic N) is 2. The molecular formula is C28H27ClN2O4S. The van der Waals surface area contributed by atoms with Crippen molar-refractivity contribution in [3.8, 4) is 5.69 Å². The number of ether oxygens (including phenoxy) is 1. The van der Waals surface area contributed by atoms with E-state index in [1.807, 2.05) is 39.0 Å². The van der Waals surface area contributed by atoms with E-state index < -0.39 is 0 Å². The maximum absolute atomic E-state index is 13.0. The summed E-state index contributed by atoms with van der Waals surface area (Å²) in [6, 6.07) is 16.3. The minimum Gasteiger partial charge on any atom is -0.462 e. The van der Waals surface area contributed by atoms with Gasteiger partial charge in [-0.3, -0.25) is 14.5 Å². The first kappa shape index (κ1) is 25.8. The summed E-state index contributed by atoms with van der Waals surface area (Å²) in [7, 11) is 0. The monoisotopic (exact) mass is 522 g/mol. The summed E-state index contributed by atoms with van der Waals surface area (Å²) in [5.74, 6) is -0.637. The van der Waals surface area contributed by atoms with Crippen LogP contribution in [0.1, 0.15) is 52.6 Å². The standard InChI is InChI=1S/C28H27ClN2O4S/c1-4-5-14-35-27(33)21-8-12-24(13-9-21)31-18(2)15-22(19(31)3)16-25-26(32)30(28(34)36-25)17-20-6-10-23(29)11-7-20/h6-13,15-16H,4-5,14,17H2,1-3H3/b25-16-. The third-order valence-electron chi connectivity index (χ3n) is 5.98. The van der Waals surface area contributed by atoms with Crippen molar-refractivity contribution in [2.45, 2.75) is 40.2 Å². The third-order valence-corrected chi connectivity index (χ3v) is 7.14. The zero-order chi connectivity index (χ0) is 25.8. The molecular weight excluding hydrogens is 496 g/mol. The van der Waals surface area contributed by atoms with E-state index in [0.29, 0.717) is 22.1 Å². The Morgan fingerprint density at radius 2 is 1.75 bits per heavy atom. The molecule has 0 saturated carbocycles. The summed E-state index contributed by atoms with van der Waals surface area (Å²) in [5.41, 5.74) is 4.98. The molecule has 0 spiro atoms. The highest BCUT2D eigenvalue weighted by molar-refractivity contribution is 8.18. The van der Waals surface area contributed by atoms with Crippen molar-refractivity contribution in [2.24, 2.45) is 0 Å². The van der Waals surface area contributed by atoms with Crippen LogP contribution in [0.15, 0.2) is 59.5 Å². The minimum atomic E-state index is -0.328. The van der Waals surface area contributed by atoms with E-state index in [2.05, 4.69) is 4.57 Å². The number of aryl methyl sites for hydroxylation is 1. The number of aromatic nitrogens is 1. The molecule has 2 aromatic carbocycles. The molecule has 0 unspecified atom stereocenters. The van der Waals surface area contributed by atoms with Gasteiger partial charge in [0, 0.05) is 22.1 Å². The molecule has 1 saturated heterocycles. The molecule has 0 atom stereocenters. The number of imide groups is 1. The quantitative estimate of drug-likeness (QED) is 0.182. The Balaban J connectivity index is 1.53. The molecule has 4 rings (SSSR count). The van der Waals surface area contributed by atoms with Gasteiger partial charge in [0.25, 0.3) is 11.1 Å². The molecule has 186 valence electrons. The fourth-order valence-corrected chi connectivity index (χ4v) is 4.98. The summed E-state index contributed by atoms with van der Waals surface area (Å²) in [5, 5.41) is 0.307. The van der Waals surface area contributed by atoms with E-state index in [0.717, 1.165) is 52.8 Å². The van der Waals surface area contributed by atoms with Gasteiger partial charge in [0.05, 0.1) is 23.6 Å². The number of esters is 1. The molecule has 6 nitrogen and oxygen atoms in total. The largest absolute Gasteiger partial charge is 0.462 e. The number of hydrogen-bond donors (Lipinski definition) is 0. The Bertz CT molecular complexity index is 1330. The van der Waals surface area contributed by atoms with Gasteiger partial charge in [-0.2, -0.15) is 0 Å². The van der Waals surface area contributed by atoms with Crippen LogP contribution in [0.5, 0.6) is 0 Å². The first-order chi connectivity index (χ1) is 17.3. The molecule has 0 bridgehead atoms. The molecule has 2 amide bonds. The summed E-state index contributed by atoms with van der Waals surface area (Å²) in [4.78, 5) is 39.4. The molecule has 1 aliphatic rings. The van der Waals surface area contributed by atoms with Gasteiger partial charge < -0.3 is 9.30 Å². The van der Waals surface area contributed by atoms with E-state index in [4.69, 9.17) is 16.3 Å². The van der Waals surface area contributed by atoms with Gasteiger partial charge in [-0.15, -0.1) is 0 Å². The second-order valence-corrected chi connectivity index (χ2v) is 10.0. The van der Waals surface area contributed by atoms with Crippen LogP contribution in [0, 0.1) is 13.8 Å². The van der Waals surface area contributed by atoms with Gasteiger partial charge >= 0.3 is 5.97 Å². The Kier molecular flexibility index (Phi) is 8.01. The third kappa shape index (κ3) is 5.58. The number of hydrogen-bond acceptors (Lipinski definition) is 5. The molecule has 1 fully saturated rings. The number of amides is 2. The van der Waals surface area contributed by atoms with E-state index in [1.165, 1.54) is 4.90 Å². The lowest BCUT2D eigenvalue weighted by molar-refractivity contribution is -0.123. The summed E-state index contributed by atoms with van der Waals surface area (Å²) in [6.45, 7) is 6.60. The fraction of sp³-hybridized carbons (Fsp3) is 0.250. The van der Waals surface area contributed by atoms with Crippen molar-refractivity contribution in [1.29, 1.82) is 0 Å². The predicted molar refractivity (Wildman–Crippen MR) is 143 cm³/mol. The van der Waals surface area contributed by atoms with Crippen LogP contribution in [0.4, 0.5) is 4.79 Å². The lowest BCUT2D eigenvalue weighted by Gasteiger charge is -2.12. The number of rotatable bonds is 8. The van der Waals surface area contributed by atoms with E-state index in [1.54, 1.807) is 42.5 Å². The van der Waals surface area contributed by atoms with Gasteiger partial charge in [0.1, 0.15) is 0 Å². The zero-order valence-corrected chi connectivity index (χ0v) is 22.0. The van der Waals surface area contributed by atoms with Crippen molar-refractivity contribution in [3.63, 3.8) is 0 Å². The van der Waals surface area contributed by atoms with Crippen LogP contribution in [-0.4, -0.2) is 33.2 Å². The van der Waals surface area contributed by atoms with Crippen LogP contribution in [0.25, 0.3) is 11.8 Å². The van der Waals surface area contributed by atoms with Crippen LogP contribution in [0.3, 0.4) is 0 Å². The highest BCUT2D eigenvalue weighted by atomic mass is 35.5. The van der Waals surface area contributed by atoms with Gasteiger partial charge in [0.2, 0.25) is 0 Å². The molecule has 1 aromatic heterocycles. The Labute approximate surface area is 219 Å². The van der Waals surface area contributed by atoms with Gasteiger partial charge in [-0.1, -0.05) is 37.1 Å². The topological polar surface area (TPSA) is 68.6 Å². The first-order valence-corrected chi connectivity index (χ1v) is 12.9. The Hall–Kier alpha value is -3.29. The van der Waals surface area contributed by atoms with Crippen molar-refractivity contribution < 1.29 is 19.1 Å². The van der Waals surface area contributed by atoms with Gasteiger partial charge in [-0.25, -0.2) is 4.79 Å². The number of carbonyl (C=O) groups excluding carboxylic acids is 3. The average molecular weight is 523 g/mol. The van der Waals surface area contributed by atoms with Gasteiger partial charge in [-0.05, 0) is 91.7 Å². The number of halogens is 1. The lowest BCUT2D eigenvalue weighted by atomic mass is 10.2. The number of unbranched alkanes of at least 4 members (excludes halogenated alkanes) is 1. The van der Waals surface area contributed by atoms with Crippen molar-refractivity contribution in [3.05, 3.63) is 92.6 Å². The van der Waals surface area contributed by atoms with Crippen LogP contribution in [-0.2, 0) is 16.1 Å². The normalized spacial score (nSPS) is 14.7. The molecule has 3 aromatic rings. The van der Waals surface area contributed by atoms with Crippen molar-refractivity contribution in [2.75, 3.05) is 6.61 Å². The number of benzene rings is 2. The number of carbonyl (C=O) groups is 3. The van der Waals surface area contributed by atoms with E-state index >= 15 is 0 Å². The van der Waals surface area contributed by atoms with E-state index in [9.17, 15) is 14.4 Å². The zero-order valence-electron chi connectivity index (χ0n) is 20.4. The van der Waals surface area contributed by atoms with Crippen molar-refractivity contribution in [1.82, 2.24) is 9.47 Å². The highest BCUT2D eigenvalue weighted by Crippen LogP contribution is 2.34. The summed E-state index contributed by atoms with van der Waals surface area (Å²) < 4.78 is 7.34. The van der Waals surface area contributed by atoms with Gasteiger partial charge in [0.15, 0.2) is 0 Å². The highest BCUT2D eigenvalue weighted by Gasteiger charge is 2.35. The maximum Gasteiger partial charge on any atom is 0.338 e. The summed E-state index contributed by atoms with van der Waals surface area (Å²) in [6.07, 6.45) is 3.58. The van der Waals surface area contributed by atoms with Crippen LogP contribution >= 0.6 is 23.4 Å². The molecule has 1 aliphatic heterocycles. The molecule has 36 heavy (non-hydrogen) atoms. The average Bonchev–Trinajstić information content (AvgIpc) is 3.29. The fourth-order valence-electron chi connectivity index (χ4n) is 4.02. The minimum absolute atomic E-state index is 0.200. The Morgan fingerprint density at radius 1 is 1.06 bits per heavy atom. The maximum atomic E-state index is 13.0. The van der Waals surface area contributed by atoms with Crippen LogP contribution < -0.4 is 0 Å². The molecule has 8 heteroatoms. The molecule has 0 N–H and O–H groups in total. The lowest BCUT2D eigenvalue weighted by Crippen LogP contribution is -2.27. The van der Waals surface area contributed by atoms with E-state index in [-0.39, 0.29) is 23.7 Å². The van der Waals surface area contributed by atoms with Crippen molar-refractivity contribution >= 4 is 46.6 Å². The number of thioether (sulfide) groups is 1. The molecule has 0 aliphatic carbocycles. The smallest absolute Gasteiger partial charge is 0.338 e. The SMILES string of the molecule is CCCCOC(=O)c1ccc(-n2c(C)cc(/C=C3\SC(=O)N(Cc4ccc(Cl)cc4)C3=O)c2C)cc1. The first-order valence-electron chi connectivity index (χ1n) is 11.7. The second kappa shape index (κ2) is 11.2. The Morgan fingerprint density at radius 3 is 2.42 bits per heavy atom. The second-order valence-electron chi connectivity index (χ2n) is 8.59. The summed E-state index contributed by atoms with van der Waals surface area (Å²) >= 11 is 6.88. The molecule has 2 heterocycles. The predicted octanol–water partition coefficient (Wildman–Crippen LogP) is 6.94.